The molecular weight excluding hydrogens is 628 g/mol. The van der Waals surface area contributed by atoms with Crippen LogP contribution in [0.5, 0.6) is 0 Å². The van der Waals surface area contributed by atoms with Gasteiger partial charge in [0.25, 0.3) is 0 Å². The molecule has 0 aliphatic carbocycles. The number of unbranched alkanes of at least 4 members (excludes halogenated alkanes) is 1. The summed E-state index contributed by atoms with van der Waals surface area (Å²) in [5.74, 6) is -0.120. The number of hydrogen-bond donors (Lipinski definition) is 0. The highest BCUT2D eigenvalue weighted by atomic mass is 28.4. The Morgan fingerprint density at radius 2 is 0.809 bits per heavy atom. The Balaban J connectivity index is 3.22. The molecule has 0 saturated carbocycles. The summed E-state index contributed by atoms with van der Waals surface area (Å²) in [6.45, 7) is 25.3. The summed E-state index contributed by atoms with van der Waals surface area (Å²) >= 11 is 0. The van der Waals surface area contributed by atoms with E-state index in [-0.39, 0.29) is 23.5 Å². The smallest absolute Gasteiger partial charge is 0.308 e. The zero-order valence-electron chi connectivity index (χ0n) is 30.9. The normalized spacial score (nSPS) is 12.9. The predicted octanol–water partition coefficient (Wildman–Crippen LogP) is 4.92. The second-order valence-electron chi connectivity index (χ2n) is 12.5. The van der Waals surface area contributed by atoms with Crippen molar-refractivity contribution in [1.82, 2.24) is 0 Å². The Kier molecular flexibility index (Phi) is 32.0. The Morgan fingerprint density at radius 3 is 1.09 bits per heavy atom. The van der Waals surface area contributed by atoms with Gasteiger partial charge in [0.1, 0.15) is 6.61 Å². The summed E-state index contributed by atoms with van der Waals surface area (Å²) in [5, 5.41) is 0.215. The largest absolute Gasteiger partial charge is 0.463 e. The fraction of sp³-hybridized carbons (Fsp3) is 0.971. The number of carbonyl (C=O) groups is 1. The van der Waals surface area contributed by atoms with Crippen LogP contribution in [0, 0.1) is 5.92 Å². The van der Waals surface area contributed by atoms with Crippen molar-refractivity contribution >= 4 is 14.3 Å². The first-order chi connectivity index (χ1) is 22.7. The van der Waals surface area contributed by atoms with Crippen molar-refractivity contribution in [3.63, 3.8) is 0 Å². The number of rotatable bonds is 36. The molecule has 47 heavy (non-hydrogen) atoms. The van der Waals surface area contributed by atoms with Gasteiger partial charge in [0, 0.05) is 0 Å². The SMILES string of the molecule is CCCCC(CC)C(=O)OCCOCCOCCOCCOCCOCCOCCOCCOCCOCCO[Si](C)(C)C(C)(C)C. The highest BCUT2D eigenvalue weighted by Crippen LogP contribution is 2.36. The lowest BCUT2D eigenvalue weighted by Gasteiger charge is -2.36. The molecule has 0 rings (SSSR count). The molecule has 12 nitrogen and oxygen atoms in total. The van der Waals surface area contributed by atoms with Gasteiger partial charge in [-0.2, -0.15) is 0 Å². The molecule has 0 radical (unpaired) electrons. The van der Waals surface area contributed by atoms with Gasteiger partial charge in [0.15, 0.2) is 8.32 Å². The molecule has 0 aliphatic heterocycles. The van der Waals surface area contributed by atoms with Gasteiger partial charge < -0.3 is 51.8 Å². The standard InChI is InChI=1S/C34H70O12Si/c1-8-10-11-32(9-2)33(35)45-30-28-43-26-24-41-22-20-39-18-16-37-14-12-36-13-15-38-17-19-40-21-23-42-25-27-44-29-31-46-47(6,7)34(3,4)5/h32H,8-31H2,1-7H3. The van der Waals surface area contributed by atoms with E-state index in [1.54, 1.807) is 0 Å². The monoisotopic (exact) mass is 698 g/mol. The average Bonchev–Trinajstić information content (AvgIpc) is 3.03. The fourth-order valence-corrected chi connectivity index (χ4v) is 4.72. The third kappa shape index (κ3) is 29.9. The van der Waals surface area contributed by atoms with Crippen molar-refractivity contribution in [1.29, 1.82) is 0 Å². The number of ether oxygens (including phenoxy) is 10. The lowest BCUT2D eigenvalue weighted by Crippen LogP contribution is -2.41. The van der Waals surface area contributed by atoms with E-state index >= 15 is 0 Å². The van der Waals surface area contributed by atoms with Gasteiger partial charge in [0.2, 0.25) is 0 Å². The van der Waals surface area contributed by atoms with E-state index < -0.39 is 8.32 Å². The summed E-state index contributed by atoms with van der Waals surface area (Å²) in [7, 11) is -1.70. The summed E-state index contributed by atoms with van der Waals surface area (Å²) in [4.78, 5) is 12.0. The van der Waals surface area contributed by atoms with Crippen LogP contribution >= 0.6 is 0 Å². The van der Waals surface area contributed by atoms with Crippen LogP contribution in [-0.2, 0) is 56.6 Å². The number of hydrogen-bond acceptors (Lipinski definition) is 12. The van der Waals surface area contributed by atoms with E-state index in [0.29, 0.717) is 126 Å². The highest BCUT2D eigenvalue weighted by molar-refractivity contribution is 6.74. The molecule has 1 atom stereocenters. The van der Waals surface area contributed by atoms with Crippen LogP contribution in [0.2, 0.25) is 18.1 Å². The van der Waals surface area contributed by atoms with E-state index in [1.165, 1.54) is 0 Å². The Labute approximate surface area is 287 Å². The third-order valence-corrected chi connectivity index (χ3v) is 12.2. The van der Waals surface area contributed by atoms with E-state index in [1.807, 2.05) is 6.92 Å². The summed E-state index contributed by atoms with van der Waals surface area (Å²) in [6.07, 6.45) is 3.84. The molecule has 13 heteroatoms. The molecule has 0 aliphatic rings. The van der Waals surface area contributed by atoms with Crippen molar-refractivity contribution in [2.24, 2.45) is 5.92 Å². The molecule has 0 bridgehead atoms. The van der Waals surface area contributed by atoms with Crippen molar-refractivity contribution < 1.29 is 56.6 Å². The fourth-order valence-electron chi connectivity index (χ4n) is 3.69. The van der Waals surface area contributed by atoms with Crippen molar-refractivity contribution in [3.8, 4) is 0 Å². The predicted molar refractivity (Wildman–Crippen MR) is 185 cm³/mol. The highest BCUT2D eigenvalue weighted by Gasteiger charge is 2.36. The van der Waals surface area contributed by atoms with Crippen LogP contribution in [0.4, 0.5) is 0 Å². The molecule has 1 unspecified atom stereocenters. The van der Waals surface area contributed by atoms with Crippen LogP contribution in [-0.4, -0.2) is 146 Å². The van der Waals surface area contributed by atoms with Gasteiger partial charge in [-0.25, -0.2) is 0 Å². The second-order valence-corrected chi connectivity index (χ2v) is 17.3. The molecule has 0 aromatic heterocycles. The molecule has 0 aromatic rings. The van der Waals surface area contributed by atoms with Gasteiger partial charge in [-0.05, 0) is 31.0 Å². The molecule has 0 heterocycles. The van der Waals surface area contributed by atoms with Crippen LogP contribution in [0.1, 0.15) is 60.3 Å². The topological polar surface area (TPSA) is 119 Å². The molecule has 0 amide bonds. The summed E-state index contributed by atoms with van der Waals surface area (Å²) in [6, 6.07) is 0. The van der Waals surface area contributed by atoms with Gasteiger partial charge in [-0.1, -0.05) is 47.5 Å². The van der Waals surface area contributed by atoms with Crippen LogP contribution in [0.15, 0.2) is 0 Å². The maximum absolute atomic E-state index is 12.0. The number of esters is 1. The van der Waals surface area contributed by atoms with Crippen molar-refractivity contribution in [2.45, 2.75) is 78.4 Å². The molecule has 0 spiro atoms. The lowest BCUT2D eigenvalue weighted by molar-refractivity contribution is -0.150. The van der Waals surface area contributed by atoms with Gasteiger partial charge in [-0.15, -0.1) is 0 Å². The average molecular weight is 699 g/mol. The molecule has 0 saturated heterocycles. The lowest BCUT2D eigenvalue weighted by atomic mass is 10.00. The third-order valence-electron chi connectivity index (χ3n) is 7.68. The summed E-state index contributed by atoms with van der Waals surface area (Å²) < 4.78 is 60.9. The number of carbonyl (C=O) groups excluding carboxylic acids is 1. The van der Waals surface area contributed by atoms with Crippen LogP contribution in [0.25, 0.3) is 0 Å². The van der Waals surface area contributed by atoms with Crippen molar-refractivity contribution in [3.05, 3.63) is 0 Å². The minimum Gasteiger partial charge on any atom is -0.463 e. The zero-order valence-corrected chi connectivity index (χ0v) is 31.9. The van der Waals surface area contributed by atoms with Crippen LogP contribution < -0.4 is 0 Å². The first-order valence-electron chi connectivity index (χ1n) is 17.7. The zero-order chi connectivity index (χ0) is 34.9. The van der Waals surface area contributed by atoms with E-state index in [9.17, 15) is 4.79 Å². The van der Waals surface area contributed by atoms with Gasteiger partial charge >= 0.3 is 5.97 Å². The maximum Gasteiger partial charge on any atom is 0.308 e. The minimum absolute atomic E-state index is 0.00173. The van der Waals surface area contributed by atoms with E-state index in [4.69, 9.17) is 51.8 Å². The Bertz CT molecular complexity index is 678. The molecule has 0 aromatic carbocycles. The Morgan fingerprint density at radius 1 is 0.511 bits per heavy atom. The van der Waals surface area contributed by atoms with E-state index in [0.717, 1.165) is 25.7 Å². The van der Waals surface area contributed by atoms with Gasteiger partial charge in [-0.3, -0.25) is 4.79 Å². The molecule has 282 valence electrons. The summed E-state index contributed by atoms with van der Waals surface area (Å²) in [5.41, 5.74) is 0. The van der Waals surface area contributed by atoms with Crippen LogP contribution in [0.3, 0.4) is 0 Å². The van der Waals surface area contributed by atoms with Crippen molar-refractivity contribution in [2.75, 3.05) is 132 Å². The second kappa shape index (κ2) is 32.5. The maximum atomic E-state index is 12.0. The quantitative estimate of drug-likeness (QED) is 0.0502. The first kappa shape index (κ1) is 46.3. The molecule has 0 N–H and O–H groups in total. The minimum atomic E-state index is -1.70. The van der Waals surface area contributed by atoms with Gasteiger partial charge in [0.05, 0.1) is 131 Å². The molecule has 0 fully saturated rings. The molecular formula is C34H70O12Si. The Hall–Kier alpha value is -0.713. The van der Waals surface area contributed by atoms with E-state index in [2.05, 4.69) is 40.8 Å². The first-order valence-corrected chi connectivity index (χ1v) is 20.6.